The third kappa shape index (κ3) is 4.33. The minimum atomic E-state index is -3.52. The molecule has 0 bridgehead atoms. The molecule has 4 N–H and O–H groups in total. The summed E-state index contributed by atoms with van der Waals surface area (Å²) >= 11 is 0. The number of nitrogens with one attached hydrogen (secondary N) is 2. The minimum Gasteiger partial charge on any atom is -0.326 e. The van der Waals surface area contributed by atoms with Gasteiger partial charge in [-0.3, -0.25) is 4.72 Å². The molecule has 1 aromatic carbocycles. The molecule has 0 saturated carbocycles. The van der Waals surface area contributed by atoms with Crippen LogP contribution >= 0.6 is 0 Å². The lowest BCUT2D eigenvalue weighted by molar-refractivity contribution is 0.575. The molecular weight excluding hydrogens is 238 g/mol. The summed E-state index contributed by atoms with van der Waals surface area (Å²) < 4.78 is 28.4. The van der Waals surface area contributed by atoms with E-state index in [0.29, 0.717) is 12.2 Å². The first-order chi connectivity index (χ1) is 7.84. The average Bonchev–Trinajstić information content (AvgIpc) is 2.19. The molecule has 6 heteroatoms. The molecule has 0 saturated heterocycles. The van der Waals surface area contributed by atoms with Gasteiger partial charge in [-0.2, -0.15) is 13.1 Å². The van der Waals surface area contributed by atoms with E-state index < -0.39 is 10.2 Å². The van der Waals surface area contributed by atoms with Crippen molar-refractivity contribution in [3.05, 3.63) is 29.3 Å². The molecule has 0 aromatic heterocycles. The summed E-state index contributed by atoms with van der Waals surface area (Å²) in [5.41, 5.74) is 7.82. The minimum absolute atomic E-state index is 0.148. The third-order valence-electron chi connectivity index (χ3n) is 2.17. The van der Waals surface area contributed by atoms with Crippen LogP contribution in [0.2, 0.25) is 0 Å². The van der Waals surface area contributed by atoms with Crippen molar-refractivity contribution in [1.29, 1.82) is 0 Å². The van der Waals surface area contributed by atoms with Crippen molar-refractivity contribution in [2.24, 2.45) is 5.73 Å². The van der Waals surface area contributed by atoms with Crippen LogP contribution in [0.1, 0.15) is 25.0 Å². The molecule has 0 amide bonds. The molecular formula is C11H19N3O2S. The smallest absolute Gasteiger partial charge is 0.299 e. The highest BCUT2D eigenvalue weighted by Gasteiger charge is 2.12. The maximum absolute atomic E-state index is 11.7. The fourth-order valence-electron chi connectivity index (χ4n) is 1.39. The van der Waals surface area contributed by atoms with E-state index in [1.54, 1.807) is 19.9 Å². The number of nitrogens with two attached hydrogens (primary N) is 1. The Labute approximate surface area is 103 Å². The second kappa shape index (κ2) is 5.48. The number of hydrogen-bond donors (Lipinski definition) is 3. The van der Waals surface area contributed by atoms with Gasteiger partial charge >= 0.3 is 0 Å². The lowest BCUT2D eigenvalue weighted by atomic mass is 10.1. The van der Waals surface area contributed by atoms with Crippen molar-refractivity contribution in [3.8, 4) is 0 Å². The Morgan fingerprint density at radius 3 is 2.53 bits per heavy atom. The summed E-state index contributed by atoms with van der Waals surface area (Å²) in [5, 5.41) is 0. The fourth-order valence-corrected chi connectivity index (χ4v) is 2.58. The Morgan fingerprint density at radius 2 is 2.00 bits per heavy atom. The van der Waals surface area contributed by atoms with Crippen LogP contribution in [-0.4, -0.2) is 14.5 Å². The van der Waals surface area contributed by atoms with Crippen LogP contribution in [0.4, 0.5) is 5.69 Å². The van der Waals surface area contributed by atoms with E-state index in [9.17, 15) is 8.42 Å². The van der Waals surface area contributed by atoms with Crippen molar-refractivity contribution in [2.75, 3.05) is 4.72 Å². The van der Waals surface area contributed by atoms with Gasteiger partial charge in [0, 0.05) is 12.6 Å². The maximum Gasteiger partial charge on any atom is 0.299 e. The van der Waals surface area contributed by atoms with Gasteiger partial charge in [-0.1, -0.05) is 12.1 Å². The van der Waals surface area contributed by atoms with Crippen LogP contribution in [0.25, 0.3) is 0 Å². The fraction of sp³-hybridized carbons (Fsp3) is 0.455. The number of aryl methyl sites for hydroxylation is 1. The standard InChI is InChI=1S/C11H19N3O2S/c1-8(2)13-17(15,16)14-11-6-10(7-12)5-4-9(11)3/h4-6,8,13-14H,7,12H2,1-3H3. The molecule has 0 aliphatic rings. The quantitative estimate of drug-likeness (QED) is 0.738. The summed E-state index contributed by atoms with van der Waals surface area (Å²) in [6.07, 6.45) is 0. The highest BCUT2D eigenvalue weighted by Crippen LogP contribution is 2.17. The van der Waals surface area contributed by atoms with Crippen LogP contribution in [0.3, 0.4) is 0 Å². The second-order valence-corrected chi connectivity index (χ2v) is 5.68. The SMILES string of the molecule is Cc1ccc(CN)cc1NS(=O)(=O)NC(C)C. The molecule has 0 aliphatic carbocycles. The van der Waals surface area contributed by atoms with E-state index in [-0.39, 0.29) is 6.04 Å². The normalized spacial score (nSPS) is 11.8. The molecule has 0 unspecified atom stereocenters. The summed E-state index contributed by atoms with van der Waals surface area (Å²) in [5.74, 6) is 0. The van der Waals surface area contributed by atoms with Gasteiger partial charge in [0.25, 0.3) is 10.2 Å². The zero-order chi connectivity index (χ0) is 13.1. The van der Waals surface area contributed by atoms with Crippen LogP contribution in [0.5, 0.6) is 0 Å². The molecule has 96 valence electrons. The van der Waals surface area contributed by atoms with Crippen molar-refractivity contribution in [3.63, 3.8) is 0 Å². The zero-order valence-corrected chi connectivity index (χ0v) is 11.1. The van der Waals surface area contributed by atoms with E-state index >= 15 is 0 Å². The van der Waals surface area contributed by atoms with Gasteiger partial charge in [0.15, 0.2) is 0 Å². The van der Waals surface area contributed by atoms with Crippen molar-refractivity contribution < 1.29 is 8.42 Å². The van der Waals surface area contributed by atoms with Gasteiger partial charge in [-0.25, -0.2) is 0 Å². The van der Waals surface area contributed by atoms with E-state index in [4.69, 9.17) is 5.73 Å². The van der Waals surface area contributed by atoms with E-state index in [0.717, 1.165) is 11.1 Å². The van der Waals surface area contributed by atoms with Crippen LogP contribution in [-0.2, 0) is 16.8 Å². The highest BCUT2D eigenvalue weighted by atomic mass is 32.2. The lowest BCUT2D eigenvalue weighted by Crippen LogP contribution is -2.35. The maximum atomic E-state index is 11.7. The van der Waals surface area contributed by atoms with E-state index in [2.05, 4.69) is 9.44 Å². The highest BCUT2D eigenvalue weighted by molar-refractivity contribution is 7.90. The van der Waals surface area contributed by atoms with Gasteiger partial charge in [0.05, 0.1) is 5.69 Å². The average molecular weight is 257 g/mol. The van der Waals surface area contributed by atoms with Crippen molar-refractivity contribution in [2.45, 2.75) is 33.4 Å². The van der Waals surface area contributed by atoms with Gasteiger partial charge in [0.2, 0.25) is 0 Å². The summed E-state index contributed by atoms with van der Waals surface area (Å²) in [6.45, 7) is 5.75. The molecule has 0 fully saturated rings. The van der Waals surface area contributed by atoms with Gasteiger partial charge in [-0.05, 0) is 38.0 Å². The van der Waals surface area contributed by atoms with Crippen molar-refractivity contribution in [1.82, 2.24) is 4.72 Å². The number of anilines is 1. The topological polar surface area (TPSA) is 84.2 Å². The largest absolute Gasteiger partial charge is 0.326 e. The van der Waals surface area contributed by atoms with Gasteiger partial charge in [-0.15, -0.1) is 0 Å². The lowest BCUT2D eigenvalue weighted by Gasteiger charge is -2.14. The van der Waals surface area contributed by atoms with E-state index in [1.807, 2.05) is 19.1 Å². The molecule has 1 rings (SSSR count). The molecule has 0 aliphatic heterocycles. The Kier molecular flexibility index (Phi) is 4.50. The molecule has 1 aromatic rings. The molecule has 0 spiro atoms. The summed E-state index contributed by atoms with van der Waals surface area (Å²) in [6, 6.07) is 5.32. The Balaban J connectivity index is 2.94. The number of rotatable bonds is 5. The molecule has 0 radical (unpaired) electrons. The number of hydrogen-bond acceptors (Lipinski definition) is 3. The first-order valence-electron chi connectivity index (χ1n) is 5.43. The first kappa shape index (κ1) is 14.0. The second-order valence-electron chi connectivity index (χ2n) is 4.23. The van der Waals surface area contributed by atoms with Gasteiger partial charge in [0.1, 0.15) is 0 Å². The Bertz CT molecular complexity index is 483. The van der Waals surface area contributed by atoms with Crippen molar-refractivity contribution >= 4 is 15.9 Å². The molecule has 5 nitrogen and oxygen atoms in total. The Morgan fingerprint density at radius 1 is 1.35 bits per heavy atom. The Hall–Kier alpha value is -1.11. The predicted octanol–water partition coefficient (Wildman–Crippen LogP) is 1.11. The monoisotopic (exact) mass is 257 g/mol. The van der Waals surface area contributed by atoms with Gasteiger partial charge < -0.3 is 5.73 Å². The first-order valence-corrected chi connectivity index (χ1v) is 6.92. The predicted molar refractivity (Wildman–Crippen MR) is 69.9 cm³/mol. The summed E-state index contributed by atoms with van der Waals surface area (Å²) in [4.78, 5) is 0. The zero-order valence-electron chi connectivity index (χ0n) is 10.3. The molecule has 0 heterocycles. The number of benzene rings is 1. The van der Waals surface area contributed by atoms with E-state index in [1.165, 1.54) is 0 Å². The molecule has 17 heavy (non-hydrogen) atoms. The summed E-state index contributed by atoms with van der Waals surface area (Å²) in [7, 11) is -3.52. The molecule has 0 atom stereocenters. The third-order valence-corrected chi connectivity index (χ3v) is 3.44. The van der Waals surface area contributed by atoms with Crippen LogP contribution < -0.4 is 15.2 Å². The van der Waals surface area contributed by atoms with Crippen LogP contribution in [0.15, 0.2) is 18.2 Å². The van der Waals surface area contributed by atoms with Crippen LogP contribution in [0, 0.1) is 6.92 Å².